The fourth-order valence-corrected chi connectivity index (χ4v) is 2.37. The van der Waals surface area contributed by atoms with E-state index in [9.17, 15) is 9.59 Å². The molecule has 94 valence electrons. The number of nitrogens with zero attached hydrogens (tertiary/aromatic N) is 2. The van der Waals surface area contributed by atoms with Crippen molar-refractivity contribution in [2.24, 2.45) is 0 Å². The first-order valence-corrected chi connectivity index (χ1v) is 6.25. The van der Waals surface area contributed by atoms with Crippen molar-refractivity contribution in [2.75, 3.05) is 0 Å². The summed E-state index contributed by atoms with van der Waals surface area (Å²) >= 11 is 1.37. The van der Waals surface area contributed by atoms with Gasteiger partial charge in [-0.25, -0.2) is 4.98 Å². The Hall–Kier alpha value is -1.95. The van der Waals surface area contributed by atoms with Crippen LogP contribution in [-0.4, -0.2) is 20.6 Å². The number of pyridine rings is 1. The first-order chi connectivity index (χ1) is 8.54. The lowest BCUT2D eigenvalue weighted by Crippen LogP contribution is -2.19. The van der Waals surface area contributed by atoms with Gasteiger partial charge in [0.1, 0.15) is 5.01 Å². The fourth-order valence-electron chi connectivity index (χ4n) is 1.58. The number of carbonyl (C=O) groups is 1. The standard InChI is InChI=1S/C12H12N2O3S/c1-8-2-3-11(15)14(5-8)6-10-13-9(7-18-10)4-12(16)17/h2-3,5,7H,4,6H2,1H3,(H,16,17). The summed E-state index contributed by atoms with van der Waals surface area (Å²) in [5.74, 6) is -0.903. The van der Waals surface area contributed by atoms with Crippen LogP contribution in [0.5, 0.6) is 0 Å². The summed E-state index contributed by atoms with van der Waals surface area (Å²) in [6, 6.07) is 3.28. The van der Waals surface area contributed by atoms with Gasteiger partial charge in [-0.3, -0.25) is 9.59 Å². The number of hydrogen-bond donors (Lipinski definition) is 1. The summed E-state index contributed by atoms with van der Waals surface area (Å²) in [6.45, 7) is 2.29. The number of aliphatic carboxylic acids is 1. The highest BCUT2D eigenvalue weighted by Gasteiger charge is 2.07. The zero-order chi connectivity index (χ0) is 13.1. The van der Waals surface area contributed by atoms with E-state index in [1.165, 1.54) is 17.4 Å². The number of aryl methyl sites for hydroxylation is 1. The second-order valence-electron chi connectivity index (χ2n) is 3.98. The Labute approximate surface area is 107 Å². The van der Waals surface area contributed by atoms with Crippen LogP contribution in [0.3, 0.4) is 0 Å². The van der Waals surface area contributed by atoms with Crippen molar-refractivity contribution >= 4 is 17.3 Å². The lowest BCUT2D eigenvalue weighted by molar-refractivity contribution is -0.136. The molecule has 0 aliphatic heterocycles. The molecule has 0 spiro atoms. The van der Waals surface area contributed by atoms with Gasteiger partial charge in [0.15, 0.2) is 0 Å². The van der Waals surface area contributed by atoms with Crippen molar-refractivity contribution in [3.8, 4) is 0 Å². The van der Waals surface area contributed by atoms with Gasteiger partial charge in [-0.05, 0) is 12.5 Å². The quantitative estimate of drug-likeness (QED) is 0.903. The van der Waals surface area contributed by atoms with Crippen LogP contribution in [0, 0.1) is 6.92 Å². The maximum atomic E-state index is 11.6. The average molecular weight is 264 g/mol. The van der Waals surface area contributed by atoms with Crippen molar-refractivity contribution in [2.45, 2.75) is 19.9 Å². The molecular weight excluding hydrogens is 252 g/mol. The molecule has 2 heterocycles. The van der Waals surface area contributed by atoms with Gasteiger partial charge in [-0.2, -0.15) is 0 Å². The first-order valence-electron chi connectivity index (χ1n) is 5.37. The van der Waals surface area contributed by atoms with Gasteiger partial charge in [-0.1, -0.05) is 6.07 Å². The van der Waals surface area contributed by atoms with Gasteiger partial charge in [0, 0.05) is 17.6 Å². The molecule has 0 radical (unpaired) electrons. The van der Waals surface area contributed by atoms with E-state index in [0.717, 1.165) is 10.6 Å². The van der Waals surface area contributed by atoms with Crippen LogP contribution in [-0.2, 0) is 17.8 Å². The molecule has 0 saturated carbocycles. The maximum Gasteiger partial charge on any atom is 0.309 e. The van der Waals surface area contributed by atoms with Gasteiger partial charge < -0.3 is 9.67 Å². The molecule has 0 amide bonds. The summed E-state index contributed by atoms with van der Waals surface area (Å²) < 4.78 is 1.57. The lowest BCUT2D eigenvalue weighted by atomic mass is 10.3. The minimum Gasteiger partial charge on any atom is -0.481 e. The van der Waals surface area contributed by atoms with Crippen molar-refractivity contribution in [1.82, 2.24) is 9.55 Å². The summed E-state index contributed by atoms with van der Waals surface area (Å²) in [4.78, 5) is 26.3. The minimum absolute atomic E-state index is 0.0841. The SMILES string of the molecule is Cc1ccc(=O)n(Cc2nc(CC(=O)O)cs2)c1. The molecule has 0 aromatic carbocycles. The van der Waals surface area contributed by atoms with Crippen LogP contribution in [0.15, 0.2) is 28.5 Å². The van der Waals surface area contributed by atoms with Crippen LogP contribution < -0.4 is 5.56 Å². The molecule has 0 unspecified atom stereocenters. The third-order valence-corrected chi connectivity index (χ3v) is 3.25. The third kappa shape index (κ3) is 3.04. The molecule has 0 atom stereocenters. The van der Waals surface area contributed by atoms with E-state index in [0.29, 0.717) is 12.2 Å². The highest BCUT2D eigenvalue weighted by atomic mass is 32.1. The van der Waals surface area contributed by atoms with Crippen molar-refractivity contribution in [3.63, 3.8) is 0 Å². The number of carboxylic acids is 1. The van der Waals surface area contributed by atoms with E-state index in [1.54, 1.807) is 22.2 Å². The van der Waals surface area contributed by atoms with Gasteiger partial charge >= 0.3 is 5.97 Å². The summed E-state index contributed by atoms with van der Waals surface area (Å²) in [7, 11) is 0. The van der Waals surface area contributed by atoms with E-state index in [4.69, 9.17) is 5.11 Å². The molecule has 2 rings (SSSR count). The van der Waals surface area contributed by atoms with Gasteiger partial charge in [-0.15, -0.1) is 11.3 Å². The maximum absolute atomic E-state index is 11.6. The fraction of sp³-hybridized carbons (Fsp3) is 0.250. The molecule has 18 heavy (non-hydrogen) atoms. The Morgan fingerprint density at radius 3 is 3.00 bits per heavy atom. The summed E-state index contributed by atoms with van der Waals surface area (Å²) in [6.07, 6.45) is 1.68. The van der Waals surface area contributed by atoms with Crippen LogP contribution in [0.25, 0.3) is 0 Å². The van der Waals surface area contributed by atoms with Gasteiger partial charge in [0.2, 0.25) is 0 Å². The zero-order valence-electron chi connectivity index (χ0n) is 9.79. The molecule has 5 nitrogen and oxygen atoms in total. The Morgan fingerprint density at radius 2 is 2.28 bits per heavy atom. The van der Waals surface area contributed by atoms with Crippen molar-refractivity contribution in [1.29, 1.82) is 0 Å². The van der Waals surface area contributed by atoms with Crippen LogP contribution in [0.4, 0.5) is 0 Å². The van der Waals surface area contributed by atoms with Crippen molar-refractivity contribution < 1.29 is 9.90 Å². The summed E-state index contributed by atoms with van der Waals surface area (Å²) in [5, 5.41) is 11.1. The van der Waals surface area contributed by atoms with Crippen LogP contribution >= 0.6 is 11.3 Å². The third-order valence-electron chi connectivity index (χ3n) is 2.37. The molecular formula is C12H12N2O3S. The highest BCUT2D eigenvalue weighted by Crippen LogP contribution is 2.11. The van der Waals surface area contributed by atoms with Gasteiger partial charge in [0.25, 0.3) is 5.56 Å². The minimum atomic E-state index is -0.903. The zero-order valence-corrected chi connectivity index (χ0v) is 10.6. The highest BCUT2D eigenvalue weighted by molar-refractivity contribution is 7.09. The second-order valence-corrected chi connectivity index (χ2v) is 4.92. The first kappa shape index (κ1) is 12.5. The number of hydrogen-bond acceptors (Lipinski definition) is 4. The number of thiazole rings is 1. The molecule has 6 heteroatoms. The number of carboxylic acid groups (broad SMARTS) is 1. The molecule has 0 aliphatic rings. The number of rotatable bonds is 4. The molecule has 0 aliphatic carbocycles. The average Bonchev–Trinajstić information content (AvgIpc) is 2.70. The van der Waals surface area contributed by atoms with Crippen molar-refractivity contribution in [3.05, 3.63) is 50.3 Å². The predicted molar refractivity (Wildman–Crippen MR) is 68.0 cm³/mol. The van der Waals surface area contributed by atoms with Crippen LogP contribution in [0.1, 0.15) is 16.3 Å². The number of aromatic nitrogens is 2. The Kier molecular flexibility index (Phi) is 3.57. The Morgan fingerprint density at radius 1 is 1.50 bits per heavy atom. The smallest absolute Gasteiger partial charge is 0.309 e. The molecule has 2 aromatic heterocycles. The molecule has 0 bridgehead atoms. The van der Waals surface area contributed by atoms with Crippen LogP contribution in [0.2, 0.25) is 0 Å². The van der Waals surface area contributed by atoms with E-state index in [2.05, 4.69) is 4.98 Å². The topological polar surface area (TPSA) is 72.2 Å². The summed E-state index contributed by atoms with van der Waals surface area (Å²) in [5.41, 5.74) is 1.44. The Balaban J connectivity index is 2.18. The second kappa shape index (κ2) is 5.14. The Bertz CT molecular complexity index is 630. The van der Waals surface area contributed by atoms with E-state index >= 15 is 0 Å². The molecule has 1 N–H and O–H groups in total. The predicted octanol–water partition coefficient (Wildman–Crippen LogP) is 1.29. The largest absolute Gasteiger partial charge is 0.481 e. The van der Waals surface area contributed by atoms with E-state index < -0.39 is 5.97 Å². The lowest BCUT2D eigenvalue weighted by Gasteiger charge is -2.03. The van der Waals surface area contributed by atoms with Gasteiger partial charge in [0.05, 0.1) is 18.7 Å². The van der Waals surface area contributed by atoms with E-state index in [1.807, 2.05) is 6.92 Å². The molecule has 0 saturated heterocycles. The normalized spacial score (nSPS) is 10.5. The monoisotopic (exact) mass is 264 g/mol. The molecule has 0 fully saturated rings. The molecule has 2 aromatic rings. The van der Waals surface area contributed by atoms with E-state index in [-0.39, 0.29) is 12.0 Å².